The highest BCUT2D eigenvalue weighted by molar-refractivity contribution is 5.92. The van der Waals surface area contributed by atoms with Crippen LogP contribution in [0.25, 0.3) is 11.1 Å². The van der Waals surface area contributed by atoms with Crippen LogP contribution in [0.2, 0.25) is 0 Å². The average Bonchev–Trinajstić information content (AvgIpc) is 2.57. The van der Waals surface area contributed by atoms with E-state index in [1.807, 2.05) is 42.5 Å². The van der Waals surface area contributed by atoms with Crippen molar-refractivity contribution in [1.29, 1.82) is 0 Å². The number of hydrogen-bond acceptors (Lipinski definition) is 2. The zero-order chi connectivity index (χ0) is 15.4. The Morgan fingerprint density at radius 1 is 0.773 bits per heavy atom. The Hall–Kier alpha value is -2.94. The Morgan fingerprint density at radius 3 is 2.14 bits per heavy atom. The van der Waals surface area contributed by atoms with Gasteiger partial charge in [0.25, 0.3) is 0 Å². The highest BCUT2D eigenvalue weighted by Crippen LogP contribution is 2.30. The lowest BCUT2D eigenvalue weighted by Gasteiger charge is -2.10. The van der Waals surface area contributed by atoms with Gasteiger partial charge in [0, 0.05) is 5.56 Å². The topological polar surface area (TPSA) is 26.3 Å². The molecule has 0 atom stereocenters. The van der Waals surface area contributed by atoms with Gasteiger partial charge in [-0.3, -0.25) is 0 Å². The third-order valence-corrected chi connectivity index (χ3v) is 3.25. The number of esters is 1. The number of hydrogen-bond donors (Lipinski definition) is 0. The summed E-state index contributed by atoms with van der Waals surface area (Å²) in [4.78, 5) is 12.2. The van der Waals surface area contributed by atoms with Crippen LogP contribution in [0.15, 0.2) is 78.9 Å². The Kier molecular flexibility index (Phi) is 3.97. The summed E-state index contributed by atoms with van der Waals surface area (Å²) in [6.07, 6.45) is 0. The molecule has 0 saturated carbocycles. The summed E-state index contributed by atoms with van der Waals surface area (Å²) in [7, 11) is 0. The zero-order valence-corrected chi connectivity index (χ0v) is 11.7. The number of rotatable bonds is 3. The second kappa shape index (κ2) is 6.22. The molecule has 0 N–H and O–H groups in total. The van der Waals surface area contributed by atoms with Crippen molar-refractivity contribution < 1.29 is 13.9 Å². The molecule has 3 aromatic rings. The molecule has 0 aliphatic heterocycles. The van der Waals surface area contributed by atoms with Crippen molar-refractivity contribution >= 4 is 5.97 Å². The standard InChI is InChI=1S/C19H13FO2/c20-16-12-10-15(11-13-16)19(21)22-18-9-5-4-8-17(18)14-6-2-1-3-7-14/h1-13H. The minimum absolute atomic E-state index is 0.310. The molecule has 0 bridgehead atoms. The molecule has 0 amide bonds. The van der Waals surface area contributed by atoms with Gasteiger partial charge in [-0.15, -0.1) is 0 Å². The minimum Gasteiger partial charge on any atom is -0.422 e. The van der Waals surface area contributed by atoms with Crippen LogP contribution in [0.4, 0.5) is 4.39 Å². The van der Waals surface area contributed by atoms with E-state index in [0.29, 0.717) is 11.3 Å². The van der Waals surface area contributed by atoms with E-state index in [4.69, 9.17) is 4.74 Å². The third-order valence-electron chi connectivity index (χ3n) is 3.25. The lowest BCUT2D eigenvalue weighted by Crippen LogP contribution is -2.09. The second-order valence-electron chi connectivity index (χ2n) is 4.76. The van der Waals surface area contributed by atoms with Gasteiger partial charge in [0.15, 0.2) is 0 Å². The molecule has 0 aliphatic rings. The molecule has 3 rings (SSSR count). The van der Waals surface area contributed by atoms with Crippen molar-refractivity contribution in [1.82, 2.24) is 0 Å². The first kappa shape index (κ1) is 14.0. The van der Waals surface area contributed by atoms with Crippen LogP contribution in [-0.2, 0) is 0 Å². The van der Waals surface area contributed by atoms with Crippen LogP contribution in [0, 0.1) is 5.82 Å². The first-order chi connectivity index (χ1) is 10.7. The molecule has 0 heterocycles. The highest BCUT2D eigenvalue weighted by Gasteiger charge is 2.12. The largest absolute Gasteiger partial charge is 0.422 e. The smallest absolute Gasteiger partial charge is 0.343 e. The molecule has 108 valence electrons. The second-order valence-corrected chi connectivity index (χ2v) is 4.76. The predicted molar refractivity (Wildman–Crippen MR) is 83.2 cm³/mol. The average molecular weight is 292 g/mol. The maximum absolute atomic E-state index is 12.9. The summed E-state index contributed by atoms with van der Waals surface area (Å²) in [5, 5.41) is 0. The molecule has 0 saturated heterocycles. The summed E-state index contributed by atoms with van der Waals surface area (Å²) in [6, 6.07) is 22.3. The first-order valence-electron chi connectivity index (χ1n) is 6.86. The fourth-order valence-electron chi connectivity index (χ4n) is 2.16. The molecule has 0 unspecified atom stereocenters. The van der Waals surface area contributed by atoms with Gasteiger partial charge >= 0.3 is 5.97 Å². The maximum Gasteiger partial charge on any atom is 0.343 e. The van der Waals surface area contributed by atoms with E-state index < -0.39 is 5.97 Å². The number of carbonyl (C=O) groups is 1. The van der Waals surface area contributed by atoms with Crippen LogP contribution in [-0.4, -0.2) is 5.97 Å². The first-order valence-corrected chi connectivity index (χ1v) is 6.86. The van der Waals surface area contributed by atoms with Gasteiger partial charge in [0.2, 0.25) is 0 Å². The Balaban J connectivity index is 1.90. The number of ether oxygens (including phenoxy) is 1. The fraction of sp³-hybridized carbons (Fsp3) is 0. The van der Waals surface area contributed by atoms with Gasteiger partial charge in [0.05, 0.1) is 5.56 Å². The van der Waals surface area contributed by atoms with Crippen LogP contribution < -0.4 is 4.74 Å². The van der Waals surface area contributed by atoms with Gasteiger partial charge in [-0.1, -0.05) is 48.5 Å². The minimum atomic E-state index is -0.511. The molecular weight excluding hydrogens is 279 g/mol. The molecular formula is C19H13FO2. The Morgan fingerprint density at radius 2 is 1.41 bits per heavy atom. The molecule has 0 fully saturated rings. The van der Waals surface area contributed by atoms with E-state index in [1.165, 1.54) is 24.3 Å². The summed E-state index contributed by atoms with van der Waals surface area (Å²) in [5.74, 6) is -0.423. The highest BCUT2D eigenvalue weighted by atomic mass is 19.1. The van der Waals surface area contributed by atoms with Gasteiger partial charge in [-0.05, 0) is 35.9 Å². The summed E-state index contributed by atoms with van der Waals surface area (Å²) in [6.45, 7) is 0. The quantitative estimate of drug-likeness (QED) is 0.516. The molecule has 0 spiro atoms. The monoisotopic (exact) mass is 292 g/mol. The summed E-state index contributed by atoms with van der Waals surface area (Å²) < 4.78 is 18.4. The number of carbonyl (C=O) groups excluding carboxylic acids is 1. The molecule has 22 heavy (non-hydrogen) atoms. The summed E-state index contributed by atoms with van der Waals surface area (Å²) in [5.41, 5.74) is 2.10. The number of halogens is 1. The molecule has 0 aliphatic carbocycles. The maximum atomic E-state index is 12.9. The van der Waals surface area contributed by atoms with Gasteiger partial charge in [-0.2, -0.15) is 0 Å². The van der Waals surface area contributed by atoms with Crippen molar-refractivity contribution in [3.63, 3.8) is 0 Å². The number of benzene rings is 3. The van der Waals surface area contributed by atoms with Gasteiger partial charge < -0.3 is 4.74 Å². The van der Waals surface area contributed by atoms with Crippen molar-refractivity contribution in [2.45, 2.75) is 0 Å². The van der Waals surface area contributed by atoms with Crippen molar-refractivity contribution in [2.24, 2.45) is 0 Å². The van der Waals surface area contributed by atoms with Crippen molar-refractivity contribution in [3.05, 3.63) is 90.2 Å². The molecule has 2 nitrogen and oxygen atoms in total. The van der Waals surface area contributed by atoms with Crippen LogP contribution in [0.5, 0.6) is 5.75 Å². The number of para-hydroxylation sites is 1. The van der Waals surface area contributed by atoms with Crippen molar-refractivity contribution in [2.75, 3.05) is 0 Å². The van der Waals surface area contributed by atoms with E-state index in [-0.39, 0.29) is 5.82 Å². The lowest BCUT2D eigenvalue weighted by atomic mass is 10.0. The van der Waals surface area contributed by atoms with Crippen LogP contribution >= 0.6 is 0 Å². The van der Waals surface area contributed by atoms with Gasteiger partial charge in [0.1, 0.15) is 11.6 Å². The molecule has 3 heteroatoms. The van der Waals surface area contributed by atoms with E-state index in [9.17, 15) is 9.18 Å². The summed E-state index contributed by atoms with van der Waals surface area (Å²) >= 11 is 0. The fourth-order valence-corrected chi connectivity index (χ4v) is 2.16. The predicted octanol–water partition coefficient (Wildman–Crippen LogP) is 4.71. The van der Waals surface area contributed by atoms with Gasteiger partial charge in [-0.25, -0.2) is 9.18 Å². The normalized spacial score (nSPS) is 10.2. The van der Waals surface area contributed by atoms with Crippen molar-refractivity contribution in [3.8, 4) is 16.9 Å². The third kappa shape index (κ3) is 3.04. The molecule has 0 aromatic heterocycles. The van der Waals surface area contributed by atoms with E-state index in [2.05, 4.69) is 0 Å². The Bertz CT molecular complexity index is 780. The molecule has 3 aromatic carbocycles. The lowest BCUT2D eigenvalue weighted by molar-refractivity contribution is 0.0735. The SMILES string of the molecule is O=C(Oc1ccccc1-c1ccccc1)c1ccc(F)cc1. The van der Waals surface area contributed by atoms with Crippen LogP contribution in [0.1, 0.15) is 10.4 Å². The van der Waals surface area contributed by atoms with E-state index in [1.54, 1.807) is 12.1 Å². The van der Waals surface area contributed by atoms with E-state index >= 15 is 0 Å². The Labute approximate surface area is 127 Å². The molecule has 0 radical (unpaired) electrons. The zero-order valence-electron chi connectivity index (χ0n) is 11.7. The van der Waals surface area contributed by atoms with E-state index in [0.717, 1.165) is 11.1 Å². The van der Waals surface area contributed by atoms with Crippen LogP contribution in [0.3, 0.4) is 0 Å².